The topological polar surface area (TPSA) is 29.5 Å². The maximum Gasteiger partial charge on any atom is 0.191 e. The van der Waals surface area contributed by atoms with Gasteiger partial charge in [0.25, 0.3) is 0 Å². The lowest BCUT2D eigenvalue weighted by Crippen LogP contribution is -2.55. The Morgan fingerprint density at radius 1 is 1.19 bits per heavy atom. The lowest BCUT2D eigenvalue weighted by Gasteiger charge is -2.55. The van der Waals surface area contributed by atoms with Crippen molar-refractivity contribution in [3.05, 3.63) is 24.8 Å². The van der Waals surface area contributed by atoms with Crippen molar-refractivity contribution in [1.29, 1.82) is 0 Å². The van der Waals surface area contributed by atoms with Gasteiger partial charge in [0.1, 0.15) is 0 Å². The van der Waals surface area contributed by atoms with Crippen LogP contribution in [0.5, 0.6) is 0 Å². The average molecular weight is 515 g/mol. The predicted octanol–water partition coefficient (Wildman–Crippen LogP) is 9.03. The first-order chi connectivity index (χ1) is 16.6. The van der Waals surface area contributed by atoms with Gasteiger partial charge in [-0.15, -0.1) is 18.9 Å². The SMILES string of the molecule is C#CCC(C/C=C/C(C)C)C[C@@H]1CC[C@@]2(C)C(CC[C@@H]2[C@H](C)CO[Si](C)(C)C(C)(C)C)[C@]1(O)CC=C. The van der Waals surface area contributed by atoms with E-state index in [1.54, 1.807) is 0 Å². The summed E-state index contributed by atoms with van der Waals surface area (Å²) >= 11 is 0. The van der Waals surface area contributed by atoms with Crippen molar-refractivity contribution in [2.24, 2.45) is 40.9 Å². The molecule has 7 atom stereocenters. The quantitative estimate of drug-likeness (QED) is 0.160. The van der Waals surface area contributed by atoms with Gasteiger partial charge in [-0.2, -0.15) is 0 Å². The minimum Gasteiger partial charge on any atom is -0.417 e. The molecule has 0 amide bonds. The highest BCUT2D eigenvalue weighted by molar-refractivity contribution is 6.74. The van der Waals surface area contributed by atoms with Crippen LogP contribution in [0.4, 0.5) is 0 Å². The van der Waals surface area contributed by atoms with Gasteiger partial charge in [0, 0.05) is 13.0 Å². The van der Waals surface area contributed by atoms with Crippen molar-refractivity contribution in [1.82, 2.24) is 0 Å². The molecule has 2 fully saturated rings. The Bertz CT molecular complexity index is 784. The molecule has 0 saturated heterocycles. The second-order valence-electron chi connectivity index (χ2n) is 14.4. The zero-order valence-electron chi connectivity index (χ0n) is 25.2. The summed E-state index contributed by atoms with van der Waals surface area (Å²) in [6.45, 7) is 25.9. The minimum atomic E-state index is -1.77. The standard InChI is InChI=1S/C33H58O2Si/c1-12-15-27(17-14-16-25(3)4)23-28-20-22-32(9)29(18-19-30(32)33(28,34)21-13-2)26(5)24-35-36(10,11)31(6,7)8/h1,13-14,16,25-30,34H,2,15,17-24H2,3-11H3/b16-14+/t26-,27?,28+,29-,30?,32-,33+/m1/s1. The molecular weight excluding hydrogens is 456 g/mol. The predicted molar refractivity (Wildman–Crippen MR) is 159 cm³/mol. The second-order valence-corrected chi connectivity index (χ2v) is 19.2. The Labute approximate surface area is 225 Å². The first kappa shape index (κ1) is 31.4. The molecule has 0 heterocycles. The van der Waals surface area contributed by atoms with Crippen LogP contribution in [-0.2, 0) is 4.43 Å². The molecule has 2 aliphatic carbocycles. The molecule has 0 radical (unpaired) electrons. The van der Waals surface area contributed by atoms with E-state index in [0.717, 1.165) is 38.7 Å². The van der Waals surface area contributed by atoms with E-state index >= 15 is 0 Å². The summed E-state index contributed by atoms with van der Waals surface area (Å²) in [5.74, 6) is 5.63. The molecule has 3 heteroatoms. The molecular formula is C33H58O2Si. The van der Waals surface area contributed by atoms with Gasteiger partial charge in [-0.1, -0.05) is 66.7 Å². The lowest BCUT2D eigenvalue weighted by molar-refractivity contribution is -0.151. The van der Waals surface area contributed by atoms with Gasteiger partial charge in [0.05, 0.1) is 5.60 Å². The molecule has 0 aliphatic heterocycles. The highest BCUT2D eigenvalue weighted by Gasteiger charge is 2.60. The molecule has 2 rings (SSSR count). The normalized spacial score (nSPS) is 32.9. The van der Waals surface area contributed by atoms with Crippen molar-refractivity contribution in [2.45, 2.75) is 124 Å². The van der Waals surface area contributed by atoms with Gasteiger partial charge in [-0.3, -0.25) is 0 Å². The van der Waals surface area contributed by atoms with E-state index in [1.807, 2.05) is 6.08 Å². The Balaban J connectivity index is 2.20. The molecule has 206 valence electrons. The first-order valence-electron chi connectivity index (χ1n) is 14.7. The summed E-state index contributed by atoms with van der Waals surface area (Å²) in [7, 11) is -1.77. The van der Waals surface area contributed by atoms with Gasteiger partial charge in [-0.05, 0) is 104 Å². The average Bonchev–Trinajstić information content (AvgIpc) is 3.12. The second kappa shape index (κ2) is 12.4. The summed E-state index contributed by atoms with van der Waals surface area (Å²) in [6, 6.07) is 0. The van der Waals surface area contributed by atoms with Gasteiger partial charge in [0.2, 0.25) is 0 Å². The number of aliphatic hydroxyl groups is 1. The molecule has 2 nitrogen and oxygen atoms in total. The van der Waals surface area contributed by atoms with Crippen molar-refractivity contribution >= 4 is 8.32 Å². The number of terminal acetylenes is 1. The zero-order valence-corrected chi connectivity index (χ0v) is 26.2. The Morgan fingerprint density at radius 2 is 1.86 bits per heavy atom. The van der Waals surface area contributed by atoms with E-state index in [2.05, 4.69) is 86.2 Å². The molecule has 0 aromatic carbocycles. The van der Waals surface area contributed by atoms with Crippen LogP contribution >= 0.6 is 0 Å². The molecule has 2 unspecified atom stereocenters. The molecule has 0 spiro atoms. The van der Waals surface area contributed by atoms with Crippen LogP contribution in [0.3, 0.4) is 0 Å². The summed E-state index contributed by atoms with van der Waals surface area (Å²) < 4.78 is 6.68. The Kier molecular flexibility index (Phi) is 10.8. The molecule has 0 aromatic rings. The van der Waals surface area contributed by atoms with Crippen molar-refractivity contribution in [3.8, 4) is 12.3 Å². The van der Waals surface area contributed by atoms with Crippen LogP contribution in [0, 0.1) is 53.3 Å². The number of hydrogen-bond donors (Lipinski definition) is 1. The zero-order chi connectivity index (χ0) is 27.4. The number of rotatable bonds is 12. The third-order valence-electron chi connectivity index (χ3n) is 10.4. The van der Waals surface area contributed by atoms with Crippen LogP contribution in [0.2, 0.25) is 18.1 Å². The van der Waals surface area contributed by atoms with Gasteiger partial charge >= 0.3 is 0 Å². The van der Waals surface area contributed by atoms with E-state index in [9.17, 15) is 5.11 Å². The highest BCUT2D eigenvalue weighted by Crippen LogP contribution is 2.63. The fourth-order valence-electron chi connectivity index (χ4n) is 7.31. The fraction of sp³-hybridized carbons (Fsp3) is 0.818. The van der Waals surface area contributed by atoms with Gasteiger partial charge in [0.15, 0.2) is 8.32 Å². The number of fused-ring (bicyclic) bond motifs is 1. The third kappa shape index (κ3) is 6.97. The minimum absolute atomic E-state index is 0.156. The lowest BCUT2D eigenvalue weighted by atomic mass is 9.53. The van der Waals surface area contributed by atoms with Gasteiger partial charge < -0.3 is 9.53 Å². The van der Waals surface area contributed by atoms with Crippen molar-refractivity contribution in [2.75, 3.05) is 6.61 Å². The summed E-state index contributed by atoms with van der Waals surface area (Å²) in [6.07, 6.45) is 20.4. The smallest absolute Gasteiger partial charge is 0.191 e. The molecule has 36 heavy (non-hydrogen) atoms. The monoisotopic (exact) mass is 514 g/mol. The highest BCUT2D eigenvalue weighted by atomic mass is 28.4. The van der Waals surface area contributed by atoms with Crippen molar-refractivity contribution in [3.63, 3.8) is 0 Å². The van der Waals surface area contributed by atoms with E-state index < -0.39 is 13.9 Å². The molecule has 0 bridgehead atoms. The van der Waals surface area contributed by atoms with E-state index in [1.165, 1.54) is 12.8 Å². The van der Waals surface area contributed by atoms with Crippen molar-refractivity contribution < 1.29 is 9.53 Å². The maximum absolute atomic E-state index is 12.4. The summed E-state index contributed by atoms with van der Waals surface area (Å²) in [5, 5.41) is 12.6. The maximum atomic E-state index is 12.4. The van der Waals surface area contributed by atoms with E-state index in [0.29, 0.717) is 36.0 Å². The van der Waals surface area contributed by atoms with Crippen LogP contribution < -0.4 is 0 Å². The van der Waals surface area contributed by atoms with Crippen LogP contribution in [0.15, 0.2) is 24.8 Å². The molecule has 2 aliphatic rings. The Hall–Kier alpha value is -0.823. The first-order valence-corrected chi connectivity index (χ1v) is 17.6. The van der Waals surface area contributed by atoms with Crippen LogP contribution in [-0.4, -0.2) is 25.6 Å². The molecule has 2 saturated carbocycles. The molecule has 1 N–H and O–H groups in total. The van der Waals surface area contributed by atoms with E-state index in [4.69, 9.17) is 10.8 Å². The Morgan fingerprint density at radius 3 is 2.42 bits per heavy atom. The summed E-state index contributed by atoms with van der Waals surface area (Å²) in [5.41, 5.74) is -0.526. The van der Waals surface area contributed by atoms with Crippen LogP contribution in [0.25, 0.3) is 0 Å². The van der Waals surface area contributed by atoms with Crippen LogP contribution in [0.1, 0.15) is 99.8 Å². The largest absolute Gasteiger partial charge is 0.417 e. The third-order valence-corrected chi connectivity index (χ3v) is 14.9. The number of hydrogen-bond acceptors (Lipinski definition) is 2. The van der Waals surface area contributed by atoms with Gasteiger partial charge in [-0.25, -0.2) is 0 Å². The fourth-order valence-corrected chi connectivity index (χ4v) is 8.42. The molecule has 0 aromatic heterocycles. The summed E-state index contributed by atoms with van der Waals surface area (Å²) in [4.78, 5) is 0. The number of allylic oxidation sites excluding steroid dienone is 2. The van der Waals surface area contributed by atoms with E-state index in [-0.39, 0.29) is 16.4 Å².